The largest absolute Gasteiger partial charge is 0.306 e. The van der Waals surface area contributed by atoms with Gasteiger partial charge in [0.05, 0.1) is 6.04 Å². The van der Waals surface area contributed by atoms with Crippen LogP contribution in [0.3, 0.4) is 0 Å². The molecule has 0 saturated heterocycles. The lowest BCUT2D eigenvalue weighted by molar-refractivity contribution is 0.586. The number of rotatable bonds is 5. The van der Waals surface area contributed by atoms with E-state index >= 15 is 0 Å². The van der Waals surface area contributed by atoms with Crippen molar-refractivity contribution in [3.05, 3.63) is 64.2 Å². The van der Waals surface area contributed by atoms with Crippen LogP contribution in [-0.4, -0.2) is 11.5 Å². The Hall–Kier alpha value is -1.74. The van der Waals surface area contributed by atoms with Crippen LogP contribution in [0.25, 0.3) is 0 Å². The number of hydrogen-bond acceptors (Lipinski definition) is 2. The molecule has 0 aliphatic carbocycles. The van der Waals surface area contributed by atoms with Gasteiger partial charge in [-0.3, -0.25) is 4.98 Å². The third kappa shape index (κ3) is 3.67. The van der Waals surface area contributed by atoms with Gasteiger partial charge in [-0.2, -0.15) is 0 Å². The average molecular weight is 286 g/mol. The van der Waals surface area contributed by atoms with Crippen molar-refractivity contribution in [3.63, 3.8) is 0 Å². The van der Waals surface area contributed by atoms with Gasteiger partial charge >= 0.3 is 0 Å². The van der Waals surface area contributed by atoms with Gasteiger partial charge in [-0.25, -0.2) is 4.39 Å². The fraction of sp³-hybridized carbons (Fsp3) is 0.389. The van der Waals surface area contributed by atoms with E-state index < -0.39 is 0 Å². The second-order valence-electron chi connectivity index (χ2n) is 5.52. The summed E-state index contributed by atoms with van der Waals surface area (Å²) >= 11 is 0. The Morgan fingerprint density at radius 3 is 2.52 bits per heavy atom. The Labute approximate surface area is 126 Å². The van der Waals surface area contributed by atoms with E-state index in [1.54, 1.807) is 13.0 Å². The molecule has 0 saturated carbocycles. The molecule has 1 atom stereocenters. The standard InChI is InChI=1S/C18H23FN2/c1-5-10-20-18(15-7-9-17(19)12(2)11-15)16-8-6-13(3)21-14(16)4/h6-9,11,18,20H,5,10H2,1-4H3. The van der Waals surface area contributed by atoms with Crippen molar-refractivity contribution in [3.8, 4) is 0 Å². The molecule has 2 aromatic rings. The summed E-state index contributed by atoms with van der Waals surface area (Å²) in [4.78, 5) is 4.55. The summed E-state index contributed by atoms with van der Waals surface area (Å²) in [5, 5.41) is 3.55. The molecule has 1 N–H and O–H groups in total. The zero-order valence-corrected chi connectivity index (χ0v) is 13.2. The second-order valence-corrected chi connectivity index (χ2v) is 5.52. The maximum atomic E-state index is 13.5. The lowest BCUT2D eigenvalue weighted by atomic mass is 9.95. The predicted octanol–water partition coefficient (Wildman–Crippen LogP) is 4.23. The average Bonchev–Trinajstić information content (AvgIpc) is 2.44. The van der Waals surface area contributed by atoms with Crippen LogP contribution in [0.15, 0.2) is 30.3 Å². The van der Waals surface area contributed by atoms with E-state index in [1.807, 2.05) is 32.0 Å². The molecule has 21 heavy (non-hydrogen) atoms. The van der Waals surface area contributed by atoms with E-state index in [1.165, 1.54) is 0 Å². The Kier molecular flexibility index (Phi) is 5.07. The molecular formula is C18H23FN2. The number of aromatic nitrogens is 1. The van der Waals surface area contributed by atoms with Crippen LogP contribution in [0.2, 0.25) is 0 Å². The van der Waals surface area contributed by atoms with Crippen molar-refractivity contribution in [2.75, 3.05) is 6.54 Å². The first-order valence-electron chi connectivity index (χ1n) is 7.46. The first-order chi connectivity index (χ1) is 10.0. The normalized spacial score (nSPS) is 12.4. The van der Waals surface area contributed by atoms with Crippen LogP contribution >= 0.6 is 0 Å². The zero-order valence-electron chi connectivity index (χ0n) is 13.2. The van der Waals surface area contributed by atoms with E-state index in [2.05, 4.69) is 23.3 Å². The summed E-state index contributed by atoms with van der Waals surface area (Å²) in [6, 6.07) is 9.51. The molecular weight excluding hydrogens is 263 g/mol. The Balaban J connectivity index is 2.44. The molecule has 0 bridgehead atoms. The van der Waals surface area contributed by atoms with Gasteiger partial charge in [-0.1, -0.05) is 25.1 Å². The fourth-order valence-electron chi connectivity index (χ4n) is 2.55. The maximum Gasteiger partial charge on any atom is 0.126 e. The van der Waals surface area contributed by atoms with Gasteiger partial charge in [0.2, 0.25) is 0 Å². The lowest BCUT2D eigenvalue weighted by Crippen LogP contribution is -2.24. The van der Waals surface area contributed by atoms with Gasteiger partial charge in [0.1, 0.15) is 5.82 Å². The third-order valence-corrected chi connectivity index (χ3v) is 3.69. The fourth-order valence-corrected chi connectivity index (χ4v) is 2.55. The molecule has 1 unspecified atom stereocenters. The molecule has 112 valence electrons. The van der Waals surface area contributed by atoms with Gasteiger partial charge < -0.3 is 5.32 Å². The van der Waals surface area contributed by atoms with Crippen LogP contribution in [0.5, 0.6) is 0 Å². The second kappa shape index (κ2) is 6.81. The van der Waals surface area contributed by atoms with Crippen molar-refractivity contribution < 1.29 is 4.39 Å². The van der Waals surface area contributed by atoms with E-state index in [0.29, 0.717) is 5.56 Å². The molecule has 2 rings (SSSR count). The van der Waals surface area contributed by atoms with E-state index in [-0.39, 0.29) is 11.9 Å². The van der Waals surface area contributed by atoms with E-state index in [9.17, 15) is 4.39 Å². The molecule has 2 nitrogen and oxygen atoms in total. The maximum absolute atomic E-state index is 13.5. The van der Waals surface area contributed by atoms with Gasteiger partial charge in [0.15, 0.2) is 0 Å². The minimum atomic E-state index is -0.160. The van der Waals surface area contributed by atoms with Crippen molar-refractivity contribution >= 4 is 0 Å². The zero-order chi connectivity index (χ0) is 15.4. The van der Waals surface area contributed by atoms with Crippen LogP contribution in [-0.2, 0) is 0 Å². The van der Waals surface area contributed by atoms with Crippen LogP contribution in [0.1, 0.15) is 47.5 Å². The van der Waals surface area contributed by atoms with Gasteiger partial charge in [-0.15, -0.1) is 0 Å². The highest BCUT2D eigenvalue weighted by Gasteiger charge is 2.17. The van der Waals surface area contributed by atoms with Gasteiger partial charge in [0.25, 0.3) is 0 Å². The van der Waals surface area contributed by atoms with Crippen LogP contribution in [0.4, 0.5) is 4.39 Å². The number of nitrogens with one attached hydrogen (secondary N) is 1. The van der Waals surface area contributed by atoms with Crippen molar-refractivity contribution in [2.24, 2.45) is 0 Å². The summed E-state index contributed by atoms with van der Waals surface area (Å²) in [5.74, 6) is -0.160. The summed E-state index contributed by atoms with van der Waals surface area (Å²) < 4.78 is 13.5. The number of benzene rings is 1. The lowest BCUT2D eigenvalue weighted by Gasteiger charge is -2.22. The molecule has 0 aliphatic heterocycles. The highest BCUT2D eigenvalue weighted by Crippen LogP contribution is 2.26. The third-order valence-electron chi connectivity index (χ3n) is 3.69. The first-order valence-corrected chi connectivity index (χ1v) is 7.46. The van der Waals surface area contributed by atoms with Crippen LogP contribution < -0.4 is 5.32 Å². The summed E-state index contributed by atoms with van der Waals surface area (Å²) in [7, 11) is 0. The van der Waals surface area contributed by atoms with Crippen molar-refractivity contribution in [2.45, 2.75) is 40.2 Å². The highest BCUT2D eigenvalue weighted by atomic mass is 19.1. The van der Waals surface area contributed by atoms with Crippen LogP contribution in [0, 0.1) is 26.6 Å². The van der Waals surface area contributed by atoms with Crippen molar-refractivity contribution in [1.29, 1.82) is 0 Å². The number of hydrogen-bond donors (Lipinski definition) is 1. The highest BCUT2D eigenvalue weighted by molar-refractivity contribution is 5.36. The molecule has 0 radical (unpaired) electrons. The molecule has 1 heterocycles. The molecule has 1 aromatic carbocycles. The Bertz CT molecular complexity index is 623. The predicted molar refractivity (Wildman–Crippen MR) is 85.0 cm³/mol. The molecule has 1 aromatic heterocycles. The molecule has 0 aliphatic rings. The van der Waals surface area contributed by atoms with Gasteiger partial charge in [-0.05, 0) is 62.6 Å². The Morgan fingerprint density at radius 2 is 1.90 bits per heavy atom. The smallest absolute Gasteiger partial charge is 0.126 e. The summed E-state index contributed by atoms with van der Waals surface area (Å²) in [6.45, 7) is 8.87. The SMILES string of the molecule is CCCNC(c1ccc(F)c(C)c1)c1ccc(C)nc1C. The molecule has 0 spiro atoms. The summed E-state index contributed by atoms with van der Waals surface area (Å²) in [5.41, 5.74) is 4.94. The monoisotopic (exact) mass is 286 g/mol. The molecule has 3 heteroatoms. The minimum absolute atomic E-state index is 0.0531. The molecule has 0 amide bonds. The first kappa shape index (κ1) is 15.6. The topological polar surface area (TPSA) is 24.9 Å². The number of aryl methyl sites for hydroxylation is 3. The quantitative estimate of drug-likeness (QED) is 0.889. The summed E-state index contributed by atoms with van der Waals surface area (Å²) in [6.07, 6.45) is 1.05. The minimum Gasteiger partial charge on any atom is -0.306 e. The van der Waals surface area contributed by atoms with E-state index in [4.69, 9.17) is 0 Å². The van der Waals surface area contributed by atoms with Crippen molar-refractivity contribution in [1.82, 2.24) is 10.3 Å². The number of halogens is 1. The number of nitrogens with zero attached hydrogens (tertiary/aromatic N) is 1. The van der Waals surface area contributed by atoms with E-state index in [0.717, 1.165) is 35.5 Å². The molecule has 0 fully saturated rings. The Morgan fingerprint density at radius 1 is 1.14 bits per heavy atom. The van der Waals surface area contributed by atoms with Gasteiger partial charge in [0, 0.05) is 11.4 Å². The number of pyridine rings is 1.